The fourth-order valence-corrected chi connectivity index (χ4v) is 2.93. The fourth-order valence-electron chi connectivity index (χ4n) is 1.63. The van der Waals surface area contributed by atoms with Crippen LogP contribution in [0.25, 0.3) is 10.9 Å². The topological polar surface area (TPSA) is 41.6 Å². The molecule has 0 saturated heterocycles. The number of rotatable bonds is 2. The summed E-state index contributed by atoms with van der Waals surface area (Å²) in [6, 6.07) is 11.8. The van der Waals surface area contributed by atoms with Crippen LogP contribution in [0.1, 0.15) is 0 Å². The van der Waals surface area contributed by atoms with Crippen LogP contribution < -0.4 is 0 Å². The third-order valence-corrected chi connectivity index (χ3v) is 3.96. The largest absolute Gasteiger partial charge is 0.349 e. The maximum Gasteiger partial charge on any atom is 0.165 e. The molecule has 0 amide bonds. The summed E-state index contributed by atoms with van der Waals surface area (Å²) in [5.41, 5.74) is 1.09. The van der Waals surface area contributed by atoms with Crippen LogP contribution in [0.15, 0.2) is 46.3 Å². The van der Waals surface area contributed by atoms with E-state index in [-0.39, 0.29) is 0 Å². The highest BCUT2D eigenvalue weighted by Crippen LogP contribution is 2.34. The average Bonchev–Trinajstić information content (AvgIpc) is 2.76. The van der Waals surface area contributed by atoms with Gasteiger partial charge in [0.15, 0.2) is 10.3 Å². The molecule has 2 aromatic heterocycles. The maximum absolute atomic E-state index is 5.98. The van der Waals surface area contributed by atoms with Crippen LogP contribution in [0.5, 0.6) is 0 Å². The molecule has 90 valence electrons. The van der Waals surface area contributed by atoms with Crippen LogP contribution >= 0.6 is 35.0 Å². The molecule has 0 aliphatic rings. The van der Waals surface area contributed by atoms with E-state index in [0.717, 1.165) is 20.8 Å². The first kappa shape index (κ1) is 11.8. The van der Waals surface area contributed by atoms with Gasteiger partial charge in [-0.3, -0.25) is 0 Å². The zero-order valence-electron chi connectivity index (χ0n) is 9.02. The molecule has 0 radical (unpaired) electrons. The van der Waals surface area contributed by atoms with Gasteiger partial charge < -0.3 is 4.98 Å². The van der Waals surface area contributed by atoms with Gasteiger partial charge in [0.2, 0.25) is 0 Å². The van der Waals surface area contributed by atoms with Gasteiger partial charge in [0, 0.05) is 10.9 Å². The van der Waals surface area contributed by atoms with E-state index in [1.165, 1.54) is 11.8 Å². The molecule has 1 aromatic carbocycles. The molecule has 0 fully saturated rings. The molecule has 0 saturated carbocycles. The van der Waals surface area contributed by atoms with Gasteiger partial charge in [-0.1, -0.05) is 53.2 Å². The Balaban J connectivity index is 1.98. The normalized spacial score (nSPS) is 11.0. The van der Waals surface area contributed by atoms with Crippen molar-refractivity contribution in [2.45, 2.75) is 9.92 Å². The number of hydrogen-bond acceptors (Lipinski definition) is 3. The number of benzene rings is 1. The third kappa shape index (κ3) is 2.32. The molecular formula is C12H7Cl2N3S. The predicted octanol–water partition coefficient (Wildman–Crippen LogP) is 4.42. The molecule has 0 aliphatic heterocycles. The fraction of sp³-hybridized carbons (Fsp3) is 0. The molecule has 3 aromatic rings. The summed E-state index contributed by atoms with van der Waals surface area (Å²) in [5.74, 6) is 0. The summed E-state index contributed by atoms with van der Waals surface area (Å²) in [6.07, 6.45) is 0. The van der Waals surface area contributed by atoms with Gasteiger partial charge in [-0.25, -0.2) is 0 Å². The van der Waals surface area contributed by atoms with Crippen LogP contribution in [0, 0.1) is 0 Å². The van der Waals surface area contributed by atoms with Crippen LogP contribution in [0.2, 0.25) is 10.3 Å². The van der Waals surface area contributed by atoms with E-state index in [2.05, 4.69) is 27.3 Å². The summed E-state index contributed by atoms with van der Waals surface area (Å²) < 4.78 is 0. The summed E-state index contributed by atoms with van der Waals surface area (Å²) in [4.78, 5) is 4.08. The molecule has 0 spiro atoms. The van der Waals surface area contributed by atoms with Gasteiger partial charge in [-0.2, -0.15) is 0 Å². The quantitative estimate of drug-likeness (QED) is 0.761. The highest BCUT2D eigenvalue weighted by atomic mass is 35.5. The second kappa shape index (κ2) is 4.80. The van der Waals surface area contributed by atoms with Crippen LogP contribution in [0.3, 0.4) is 0 Å². The van der Waals surface area contributed by atoms with Crippen molar-refractivity contribution in [2.75, 3.05) is 0 Å². The molecule has 2 heterocycles. The predicted molar refractivity (Wildman–Crippen MR) is 74.5 cm³/mol. The monoisotopic (exact) mass is 295 g/mol. The number of aromatic amines is 1. The number of fused-ring (bicyclic) bond motifs is 1. The van der Waals surface area contributed by atoms with E-state index < -0.39 is 0 Å². The van der Waals surface area contributed by atoms with Gasteiger partial charge in [0.05, 0.1) is 9.92 Å². The Labute approximate surface area is 118 Å². The van der Waals surface area contributed by atoms with Crippen molar-refractivity contribution < 1.29 is 0 Å². The minimum Gasteiger partial charge on any atom is -0.349 e. The number of halogens is 2. The molecule has 3 nitrogen and oxygen atoms in total. The van der Waals surface area contributed by atoms with E-state index in [9.17, 15) is 0 Å². The Kier molecular flexibility index (Phi) is 3.16. The Bertz CT molecular complexity index is 678. The Morgan fingerprint density at radius 2 is 1.89 bits per heavy atom. The lowest BCUT2D eigenvalue weighted by Gasteiger charge is -2.00. The average molecular weight is 296 g/mol. The summed E-state index contributed by atoms with van der Waals surface area (Å²) in [7, 11) is 0. The van der Waals surface area contributed by atoms with E-state index in [1.807, 2.05) is 18.2 Å². The minimum atomic E-state index is 0.331. The number of para-hydroxylation sites is 1. The van der Waals surface area contributed by atoms with Gasteiger partial charge in [-0.15, -0.1) is 10.2 Å². The van der Waals surface area contributed by atoms with Crippen LogP contribution in [-0.2, 0) is 0 Å². The molecule has 0 unspecified atom stereocenters. The van der Waals surface area contributed by atoms with Gasteiger partial charge in [-0.05, 0) is 18.2 Å². The van der Waals surface area contributed by atoms with Crippen LogP contribution in [-0.4, -0.2) is 15.2 Å². The smallest absolute Gasteiger partial charge is 0.165 e. The highest BCUT2D eigenvalue weighted by Gasteiger charge is 2.08. The molecule has 0 atom stereocenters. The van der Waals surface area contributed by atoms with Crippen molar-refractivity contribution in [3.05, 3.63) is 46.7 Å². The van der Waals surface area contributed by atoms with Crippen molar-refractivity contribution in [1.82, 2.24) is 15.2 Å². The van der Waals surface area contributed by atoms with E-state index in [4.69, 9.17) is 23.2 Å². The third-order valence-electron chi connectivity index (χ3n) is 2.41. The number of aromatic nitrogens is 3. The van der Waals surface area contributed by atoms with Gasteiger partial charge >= 0.3 is 0 Å². The first-order valence-corrected chi connectivity index (χ1v) is 6.74. The summed E-state index contributed by atoms with van der Waals surface area (Å²) in [6.45, 7) is 0. The zero-order chi connectivity index (χ0) is 12.5. The Morgan fingerprint density at radius 1 is 1.06 bits per heavy atom. The maximum atomic E-state index is 5.98. The first-order valence-electron chi connectivity index (χ1n) is 5.17. The molecule has 18 heavy (non-hydrogen) atoms. The summed E-state index contributed by atoms with van der Waals surface area (Å²) in [5, 5.41) is 10.3. The molecule has 3 rings (SSSR count). The van der Waals surface area contributed by atoms with Crippen molar-refractivity contribution in [3.63, 3.8) is 0 Å². The minimum absolute atomic E-state index is 0.331. The number of hydrogen-bond donors (Lipinski definition) is 1. The molecule has 0 bridgehead atoms. The SMILES string of the molecule is Clc1cc(Sc2cc3ccccc3[nH]2)c(Cl)nn1. The molecule has 0 aliphatic carbocycles. The zero-order valence-corrected chi connectivity index (χ0v) is 11.4. The number of H-pyrrole nitrogens is 1. The second-order valence-corrected chi connectivity index (χ2v) is 5.47. The summed E-state index contributed by atoms with van der Waals surface area (Å²) >= 11 is 13.3. The highest BCUT2D eigenvalue weighted by molar-refractivity contribution is 7.99. The number of nitrogens with zero attached hydrogens (tertiary/aromatic N) is 2. The Hall–Kier alpha value is -1.23. The van der Waals surface area contributed by atoms with Crippen molar-refractivity contribution in [1.29, 1.82) is 0 Å². The van der Waals surface area contributed by atoms with Gasteiger partial charge in [0.1, 0.15) is 0 Å². The standard InChI is InChI=1S/C12H7Cl2N3S/c13-10-6-9(12(14)17-16-10)18-11-5-7-3-1-2-4-8(7)15-11/h1-6,15H. The lowest BCUT2D eigenvalue weighted by Crippen LogP contribution is -1.85. The first-order chi connectivity index (χ1) is 8.72. The van der Waals surface area contributed by atoms with Crippen molar-refractivity contribution >= 4 is 45.9 Å². The molecule has 6 heteroatoms. The lowest BCUT2D eigenvalue weighted by molar-refractivity contribution is 0.997. The van der Waals surface area contributed by atoms with Crippen LogP contribution in [0.4, 0.5) is 0 Å². The van der Waals surface area contributed by atoms with E-state index in [1.54, 1.807) is 6.07 Å². The molecule has 1 N–H and O–H groups in total. The van der Waals surface area contributed by atoms with Crippen molar-refractivity contribution in [2.24, 2.45) is 0 Å². The van der Waals surface area contributed by atoms with Gasteiger partial charge in [0.25, 0.3) is 0 Å². The van der Waals surface area contributed by atoms with E-state index >= 15 is 0 Å². The number of nitrogens with one attached hydrogen (secondary N) is 1. The Morgan fingerprint density at radius 3 is 2.72 bits per heavy atom. The lowest BCUT2D eigenvalue weighted by atomic mass is 10.3. The van der Waals surface area contributed by atoms with Crippen molar-refractivity contribution in [3.8, 4) is 0 Å². The van der Waals surface area contributed by atoms with E-state index in [0.29, 0.717) is 10.3 Å². The second-order valence-electron chi connectivity index (χ2n) is 3.65. The molecular weight excluding hydrogens is 289 g/mol.